The van der Waals surface area contributed by atoms with Crippen molar-refractivity contribution in [3.8, 4) is 11.5 Å². The van der Waals surface area contributed by atoms with Gasteiger partial charge in [-0.15, -0.1) is 0 Å². The number of morpholine rings is 1. The summed E-state index contributed by atoms with van der Waals surface area (Å²) in [7, 11) is -2.05. The van der Waals surface area contributed by atoms with Crippen molar-refractivity contribution in [1.29, 1.82) is 0 Å². The van der Waals surface area contributed by atoms with Crippen LogP contribution in [0.15, 0.2) is 53.4 Å². The third-order valence-corrected chi connectivity index (χ3v) is 8.07. The topological polar surface area (TPSA) is 114 Å². The van der Waals surface area contributed by atoms with E-state index >= 15 is 0 Å². The van der Waals surface area contributed by atoms with Crippen LogP contribution in [0.4, 0.5) is 0 Å². The lowest BCUT2D eigenvalue weighted by Crippen LogP contribution is -2.49. The molecule has 1 atom stereocenters. The maximum Gasteiger partial charge on any atom is 0.261 e. The van der Waals surface area contributed by atoms with Crippen LogP contribution in [-0.2, 0) is 30.9 Å². The Bertz CT molecular complexity index is 1160. The van der Waals surface area contributed by atoms with E-state index in [0.717, 1.165) is 5.56 Å². The molecule has 2 aromatic rings. The van der Waals surface area contributed by atoms with E-state index in [-0.39, 0.29) is 35.8 Å². The van der Waals surface area contributed by atoms with Crippen molar-refractivity contribution >= 4 is 21.8 Å². The van der Waals surface area contributed by atoms with Crippen LogP contribution in [0.1, 0.15) is 26.3 Å². The molecule has 0 unspecified atom stereocenters. The molecule has 11 heteroatoms. The van der Waals surface area contributed by atoms with Gasteiger partial charge in [0.2, 0.25) is 15.9 Å². The molecule has 2 amide bonds. The molecule has 10 nitrogen and oxygen atoms in total. The summed E-state index contributed by atoms with van der Waals surface area (Å²) >= 11 is 0. The lowest BCUT2D eigenvalue weighted by molar-refractivity contribution is -0.142. The Morgan fingerprint density at radius 3 is 2.18 bits per heavy atom. The Morgan fingerprint density at radius 2 is 1.61 bits per heavy atom. The van der Waals surface area contributed by atoms with Gasteiger partial charge in [0.25, 0.3) is 5.91 Å². The van der Waals surface area contributed by atoms with E-state index in [2.05, 4.69) is 5.32 Å². The van der Waals surface area contributed by atoms with Gasteiger partial charge in [0, 0.05) is 26.2 Å². The maximum absolute atomic E-state index is 13.2. The van der Waals surface area contributed by atoms with E-state index in [9.17, 15) is 18.0 Å². The average Bonchev–Trinajstić information content (AvgIpc) is 2.94. The number of benzene rings is 2. The van der Waals surface area contributed by atoms with Crippen molar-refractivity contribution in [2.75, 3.05) is 46.6 Å². The molecule has 208 valence electrons. The van der Waals surface area contributed by atoms with E-state index in [1.165, 1.54) is 33.5 Å². The first-order valence-electron chi connectivity index (χ1n) is 12.6. The number of hydrogen-bond donors (Lipinski definition) is 1. The minimum absolute atomic E-state index is 0.148. The number of ether oxygens (including phenoxy) is 3. The SMILES string of the molecule is COc1ccc(CN(C(=O)COc2ccc(S(=O)(=O)N3CCOCC3)cc2)[C@@H](C)C(=O)NCC(C)C)cc1. The van der Waals surface area contributed by atoms with Crippen LogP contribution in [0.5, 0.6) is 11.5 Å². The molecule has 1 saturated heterocycles. The summed E-state index contributed by atoms with van der Waals surface area (Å²) in [5, 5.41) is 2.88. The molecular formula is C27H37N3O7S. The number of sulfonamides is 1. The molecule has 38 heavy (non-hydrogen) atoms. The molecule has 1 aliphatic heterocycles. The first kappa shape index (κ1) is 29.4. The van der Waals surface area contributed by atoms with Gasteiger partial charge < -0.3 is 24.4 Å². The lowest BCUT2D eigenvalue weighted by Gasteiger charge is -2.29. The number of hydrogen-bond acceptors (Lipinski definition) is 7. The summed E-state index contributed by atoms with van der Waals surface area (Å²) in [4.78, 5) is 27.6. The zero-order chi connectivity index (χ0) is 27.7. The number of nitrogens with zero attached hydrogens (tertiary/aromatic N) is 2. The van der Waals surface area contributed by atoms with Crippen molar-refractivity contribution in [1.82, 2.24) is 14.5 Å². The summed E-state index contributed by atoms with van der Waals surface area (Å²) in [6, 6.07) is 12.5. The third-order valence-electron chi connectivity index (χ3n) is 6.16. The fourth-order valence-corrected chi connectivity index (χ4v) is 5.24. The molecule has 1 N–H and O–H groups in total. The van der Waals surface area contributed by atoms with E-state index in [1.54, 1.807) is 26.2 Å². The summed E-state index contributed by atoms with van der Waals surface area (Å²) in [6.07, 6.45) is 0. The predicted octanol–water partition coefficient (Wildman–Crippen LogP) is 2.28. The van der Waals surface area contributed by atoms with Gasteiger partial charge in [-0.05, 0) is 54.8 Å². The second-order valence-electron chi connectivity index (χ2n) is 9.46. The fraction of sp³-hybridized carbons (Fsp3) is 0.481. The van der Waals surface area contributed by atoms with Gasteiger partial charge in [-0.1, -0.05) is 26.0 Å². The summed E-state index contributed by atoms with van der Waals surface area (Å²) in [5.41, 5.74) is 0.834. The smallest absolute Gasteiger partial charge is 0.261 e. The summed E-state index contributed by atoms with van der Waals surface area (Å²) < 4.78 is 43.2. The van der Waals surface area contributed by atoms with E-state index in [1.807, 2.05) is 26.0 Å². The zero-order valence-corrected chi connectivity index (χ0v) is 23.2. The normalized spacial score (nSPS) is 15.1. The first-order valence-corrected chi connectivity index (χ1v) is 14.1. The molecule has 1 heterocycles. The van der Waals surface area contributed by atoms with Crippen LogP contribution >= 0.6 is 0 Å². The minimum atomic E-state index is -3.63. The molecule has 1 aliphatic rings. The first-order chi connectivity index (χ1) is 18.1. The molecule has 0 spiro atoms. The molecule has 0 saturated carbocycles. The fourth-order valence-electron chi connectivity index (χ4n) is 3.83. The second-order valence-corrected chi connectivity index (χ2v) is 11.4. The molecule has 0 bridgehead atoms. The highest BCUT2D eigenvalue weighted by Crippen LogP contribution is 2.21. The number of carbonyl (C=O) groups is 2. The largest absolute Gasteiger partial charge is 0.497 e. The van der Waals surface area contributed by atoms with Crippen LogP contribution in [0, 0.1) is 5.92 Å². The number of rotatable bonds is 12. The van der Waals surface area contributed by atoms with Crippen molar-refractivity contribution in [3.05, 3.63) is 54.1 Å². The molecule has 1 fully saturated rings. The Hall–Kier alpha value is -3.15. The highest BCUT2D eigenvalue weighted by molar-refractivity contribution is 7.89. The van der Waals surface area contributed by atoms with Crippen LogP contribution in [0.25, 0.3) is 0 Å². The van der Waals surface area contributed by atoms with Gasteiger partial charge in [-0.3, -0.25) is 9.59 Å². The van der Waals surface area contributed by atoms with Crippen LogP contribution in [-0.4, -0.2) is 82.0 Å². The van der Waals surface area contributed by atoms with Crippen molar-refractivity contribution in [2.24, 2.45) is 5.92 Å². The number of methoxy groups -OCH3 is 1. The predicted molar refractivity (Wildman–Crippen MR) is 142 cm³/mol. The van der Waals surface area contributed by atoms with Gasteiger partial charge >= 0.3 is 0 Å². The standard InChI is InChI=1S/C27H37N3O7S/c1-20(2)17-28-27(32)21(3)30(18-22-5-7-23(35-4)8-6-22)26(31)19-37-24-9-11-25(12-10-24)38(33,34)29-13-15-36-16-14-29/h5-12,20-21H,13-19H2,1-4H3,(H,28,32)/t21-/m0/s1. The Morgan fingerprint density at radius 1 is 1.00 bits per heavy atom. The van der Waals surface area contributed by atoms with Gasteiger partial charge in [-0.2, -0.15) is 4.31 Å². The van der Waals surface area contributed by atoms with E-state index in [0.29, 0.717) is 44.3 Å². The van der Waals surface area contributed by atoms with Crippen molar-refractivity contribution < 1.29 is 32.2 Å². The van der Waals surface area contributed by atoms with E-state index < -0.39 is 16.1 Å². The van der Waals surface area contributed by atoms with Crippen LogP contribution in [0.3, 0.4) is 0 Å². The number of carbonyl (C=O) groups excluding carboxylic acids is 2. The molecule has 3 rings (SSSR count). The Balaban J connectivity index is 1.68. The average molecular weight is 548 g/mol. The maximum atomic E-state index is 13.2. The Kier molecular flexibility index (Phi) is 10.5. The summed E-state index contributed by atoms with van der Waals surface area (Å²) in [5.74, 6) is 0.684. The summed E-state index contributed by atoms with van der Waals surface area (Å²) in [6.45, 7) is 7.42. The van der Waals surface area contributed by atoms with Crippen LogP contribution in [0.2, 0.25) is 0 Å². The second kappa shape index (κ2) is 13.6. The highest BCUT2D eigenvalue weighted by Gasteiger charge is 2.28. The molecular weight excluding hydrogens is 510 g/mol. The van der Waals surface area contributed by atoms with Crippen molar-refractivity contribution in [2.45, 2.75) is 38.3 Å². The molecule has 0 aliphatic carbocycles. The zero-order valence-electron chi connectivity index (χ0n) is 22.4. The number of amides is 2. The van der Waals surface area contributed by atoms with E-state index in [4.69, 9.17) is 14.2 Å². The highest BCUT2D eigenvalue weighted by atomic mass is 32.2. The quantitative estimate of drug-likeness (QED) is 0.434. The van der Waals surface area contributed by atoms with Gasteiger partial charge in [-0.25, -0.2) is 8.42 Å². The third kappa shape index (κ3) is 7.92. The molecule has 0 radical (unpaired) electrons. The molecule has 0 aromatic heterocycles. The van der Waals surface area contributed by atoms with Crippen LogP contribution < -0.4 is 14.8 Å². The van der Waals surface area contributed by atoms with Gasteiger partial charge in [0.05, 0.1) is 25.2 Å². The Labute approximate surface area is 224 Å². The van der Waals surface area contributed by atoms with Gasteiger partial charge in [0.15, 0.2) is 6.61 Å². The van der Waals surface area contributed by atoms with Gasteiger partial charge in [0.1, 0.15) is 17.5 Å². The lowest BCUT2D eigenvalue weighted by atomic mass is 10.1. The monoisotopic (exact) mass is 547 g/mol. The number of nitrogens with one attached hydrogen (secondary N) is 1. The van der Waals surface area contributed by atoms with Crippen molar-refractivity contribution in [3.63, 3.8) is 0 Å². The molecule has 2 aromatic carbocycles. The minimum Gasteiger partial charge on any atom is -0.497 e.